The van der Waals surface area contributed by atoms with Crippen LogP contribution in [0.3, 0.4) is 0 Å². The average molecular weight is 804 g/mol. The molecule has 0 bridgehead atoms. The SMILES string of the molecule is COC(=O)[C@@]1(OCC[Si](C)(C)C)C[C@H](O)[C@@H](NC(C)=O)[C@H]([C@H](O)[C@H]2CNC(=O)[C@@]3(O[C@@H]([C@H](O)[C@H](O)CO)[C@H](NC(C)=O)[C@@H](O)[C@@H]3Sc3ccccc3)O2)O1. The van der Waals surface area contributed by atoms with Crippen molar-refractivity contribution in [2.75, 3.05) is 26.9 Å². The van der Waals surface area contributed by atoms with Gasteiger partial charge in [0, 0.05) is 46.4 Å². The van der Waals surface area contributed by atoms with Gasteiger partial charge in [0.2, 0.25) is 11.8 Å². The highest BCUT2D eigenvalue weighted by Gasteiger charge is 2.65. The Labute approximate surface area is 318 Å². The van der Waals surface area contributed by atoms with Gasteiger partial charge < -0.3 is 70.3 Å². The summed E-state index contributed by atoms with van der Waals surface area (Å²) in [5.41, 5.74) is 0. The van der Waals surface area contributed by atoms with Gasteiger partial charge in [0.15, 0.2) is 0 Å². The zero-order chi connectivity index (χ0) is 40.2. The van der Waals surface area contributed by atoms with Crippen molar-refractivity contribution in [3.05, 3.63) is 30.3 Å². The molecule has 3 heterocycles. The molecule has 3 saturated heterocycles. The third-order valence-corrected chi connectivity index (χ3v) is 12.6. The van der Waals surface area contributed by atoms with E-state index in [0.717, 1.165) is 25.8 Å². The van der Waals surface area contributed by atoms with Gasteiger partial charge in [0.1, 0.15) is 41.9 Å². The molecule has 18 nitrogen and oxygen atoms in total. The summed E-state index contributed by atoms with van der Waals surface area (Å²) in [5.74, 6) is -8.04. The molecule has 3 fully saturated rings. The van der Waals surface area contributed by atoms with Crippen LogP contribution in [-0.4, -0.2) is 167 Å². The number of morpholine rings is 1. The van der Waals surface area contributed by atoms with E-state index in [1.807, 2.05) is 0 Å². The highest BCUT2D eigenvalue weighted by atomic mass is 32.2. The Morgan fingerprint density at radius 1 is 1.00 bits per heavy atom. The molecule has 9 N–H and O–H groups in total. The Balaban J connectivity index is 1.79. The lowest BCUT2D eigenvalue weighted by Gasteiger charge is -2.55. The first kappa shape index (κ1) is 44.0. The third kappa shape index (κ3) is 9.79. The van der Waals surface area contributed by atoms with Crippen LogP contribution in [0.5, 0.6) is 0 Å². The van der Waals surface area contributed by atoms with Gasteiger partial charge >= 0.3 is 5.97 Å². The maximum absolute atomic E-state index is 14.0. The van der Waals surface area contributed by atoms with Crippen molar-refractivity contribution in [1.29, 1.82) is 0 Å². The van der Waals surface area contributed by atoms with Crippen molar-refractivity contribution in [3.63, 3.8) is 0 Å². The Morgan fingerprint density at radius 3 is 2.20 bits per heavy atom. The summed E-state index contributed by atoms with van der Waals surface area (Å²) >= 11 is 0.923. The van der Waals surface area contributed by atoms with Gasteiger partial charge in [-0.2, -0.15) is 0 Å². The highest BCUT2D eigenvalue weighted by molar-refractivity contribution is 8.00. The number of carbonyl (C=O) groups is 4. The predicted molar refractivity (Wildman–Crippen MR) is 192 cm³/mol. The number of carbonyl (C=O) groups excluding carboxylic acids is 4. The topological polar surface area (TPSA) is 272 Å². The van der Waals surface area contributed by atoms with Gasteiger partial charge in [-0.05, 0) is 18.2 Å². The largest absolute Gasteiger partial charge is 0.465 e. The molecule has 0 radical (unpaired) electrons. The van der Waals surface area contributed by atoms with Crippen LogP contribution in [0.15, 0.2) is 35.2 Å². The normalized spacial score (nSPS) is 34.6. The van der Waals surface area contributed by atoms with Crippen molar-refractivity contribution in [1.82, 2.24) is 16.0 Å². The second kappa shape index (κ2) is 18.0. The van der Waals surface area contributed by atoms with Crippen molar-refractivity contribution in [3.8, 4) is 0 Å². The van der Waals surface area contributed by atoms with Crippen molar-refractivity contribution < 1.29 is 73.5 Å². The summed E-state index contributed by atoms with van der Waals surface area (Å²) in [5, 5.41) is 72.9. The second-order valence-electron chi connectivity index (χ2n) is 14.9. The van der Waals surface area contributed by atoms with Crippen LogP contribution < -0.4 is 16.0 Å². The van der Waals surface area contributed by atoms with Crippen molar-refractivity contribution in [2.45, 2.75) is 129 Å². The minimum atomic E-state index is -2.58. The maximum atomic E-state index is 14.0. The molecule has 0 aromatic heterocycles. The quantitative estimate of drug-likeness (QED) is 0.0700. The van der Waals surface area contributed by atoms with Crippen LogP contribution in [0, 0.1) is 0 Å². The van der Waals surface area contributed by atoms with Gasteiger partial charge in [-0.1, -0.05) is 37.8 Å². The molecule has 3 aliphatic heterocycles. The smallest absolute Gasteiger partial charge is 0.366 e. The van der Waals surface area contributed by atoms with Gasteiger partial charge in [0.05, 0.1) is 38.0 Å². The van der Waals surface area contributed by atoms with Gasteiger partial charge in [-0.3, -0.25) is 14.4 Å². The van der Waals surface area contributed by atoms with Crippen LogP contribution in [-0.2, 0) is 42.9 Å². The molecule has 0 aliphatic carbocycles. The minimum absolute atomic E-state index is 0.0350. The number of rotatable bonds is 14. The van der Waals surface area contributed by atoms with Crippen molar-refractivity contribution >= 4 is 43.5 Å². The Morgan fingerprint density at radius 2 is 1.63 bits per heavy atom. The highest BCUT2D eigenvalue weighted by Crippen LogP contribution is 2.45. The van der Waals surface area contributed by atoms with Gasteiger partial charge in [-0.25, -0.2) is 4.79 Å². The number of thioether (sulfide) groups is 1. The molecule has 3 amide bonds. The van der Waals surface area contributed by atoms with E-state index >= 15 is 0 Å². The molecule has 4 rings (SSSR count). The van der Waals surface area contributed by atoms with E-state index in [4.69, 9.17) is 23.7 Å². The number of amides is 3. The van der Waals surface area contributed by atoms with Crippen LogP contribution in [0.25, 0.3) is 0 Å². The molecule has 1 aromatic rings. The molecule has 20 heteroatoms. The molecule has 0 unspecified atom stereocenters. The molecule has 1 aromatic carbocycles. The van der Waals surface area contributed by atoms with Crippen LogP contribution in [0.2, 0.25) is 25.7 Å². The Kier molecular flexibility index (Phi) is 14.7. The van der Waals surface area contributed by atoms with E-state index in [9.17, 15) is 49.8 Å². The first-order chi connectivity index (χ1) is 25.3. The predicted octanol–water partition coefficient (Wildman–Crippen LogP) is -2.42. The number of aliphatic hydroxyl groups is 6. The van der Waals surface area contributed by atoms with Crippen LogP contribution >= 0.6 is 11.8 Å². The lowest BCUT2D eigenvalue weighted by molar-refractivity contribution is -0.342. The third-order valence-electron chi connectivity index (χ3n) is 9.46. The van der Waals surface area contributed by atoms with Crippen LogP contribution in [0.4, 0.5) is 0 Å². The van der Waals surface area contributed by atoms with Crippen molar-refractivity contribution in [2.24, 2.45) is 0 Å². The second-order valence-corrected chi connectivity index (χ2v) is 21.7. The summed E-state index contributed by atoms with van der Waals surface area (Å²) in [6.45, 7) is 7.23. The van der Waals surface area contributed by atoms with Crippen LogP contribution in [0.1, 0.15) is 20.3 Å². The van der Waals surface area contributed by atoms with E-state index in [-0.39, 0.29) is 6.61 Å². The minimum Gasteiger partial charge on any atom is -0.465 e. The zero-order valence-electron chi connectivity index (χ0n) is 31.0. The monoisotopic (exact) mass is 803 g/mol. The molecular weight excluding hydrogens is 751 g/mol. The van der Waals surface area contributed by atoms with E-state index < -0.39 is 129 Å². The number of aliphatic hydroxyl groups excluding tert-OH is 6. The summed E-state index contributed by atoms with van der Waals surface area (Å²) < 4.78 is 29.8. The first-order valence-electron chi connectivity index (χ1n) is 17.6. The van der Waals surface area contributed by atoms with Gasteiger partial charge in [0.25, 0.3) is 17.5 Å². The number of nitrogens with one attached hydrogen (secondary N) is 3. The first-order valence-corrected chi connectivity index (χ1v) is 22.2. The molecule has 54 heavy (non-hydrogen) atoms. The molecule has 13 atom stereocenters. The molecular formula is C34H53N3O15SSi. The summed E-state index contributed by atoms with van der Waals surface area (Å²) in [7, 11) is -0.617. The number of methoxy groups -OCH3 is 1. The maximum Gasteiger partial charge on any atom is 0.366 e. The fraction of sp³-hybridized carbons (Fsp3) is 0.706. The number of benzene rings is 1. The Hall–Kier alpha value is -2.73. The molecule has 304 valence electrons. The average Bonchev–Trinajstić information content (AvgIpc) is 3.11. The standard InChI is InChI=1S/C34H53N3O15SSi/c1-17(39)36-23-20(41)14-33(32(47)48-3,49-12-13-54(4,5)6)51-28(23)26(44)22-15-35-31(46)34(50-22)30(53-19-10-8-7-9-11-19)27(45)24(37-18(2)40)29(52-34)25(43)21(42)16-38/h7-11,20-30,38,41-45H,12-16H2,1-6H3,(H,35,46)(H,36,39)(H,37,40)/t20-,21+,22+,23+,24+,25+,26+,27+,28+,29+,30-,33+,34+/m0/s1. The lowest BCUT2D eigenvalue weighted by Crippen LogP contribution is -2.78. The van der Waals surface area contributed by atoms with E-state index in [0.29, 0.717) is 10.9 Å². The number of ether oxygens (including phenoxy) is 5. The molecule has 1 spiro atoms. The summed E-state index contributed by atoms with van der Waals surface area (Å²) in [4.78, 5) is 52.5. The van der Waals surface area contributed by atoms with E-state index in [1.165, 1.54) is 6.92 Å². The fourth-order valence-electron chi connectivity index (χ4n) is 6.69. The fourth-order valence-corrected chi connectivity index (χ4v) is 8.69. The van der Waals surface area contributed by atoms with E-state index in [1.54, 1.807) is 30.3 Å². The number of hydrogen-bond acceptors (Lipinski definition) is 16. The zero-order valence-corrected chi connectivity index (χ0v) is 32.9. The van der Waals surface area contributed by atoms with Gasteiger partial charge in [-0.15, -0.1) is 11.8 Å². The summed E-state index contributed by atoms with van der Waals surface area (Å²) in [6.07, 6.45) is -14.4. The Bertz CT molecular complexity index is 1480. The summed E-state index contributed by atoms with van der Waals surface area (Å²) in [6, 6.07) is 6.26. The number of esters is 1. The van der Waals surface area contributed by atoms with E-state index in [2.05, 4.69) is 35.6 Å². The molecule has 0 saturated carbocycles. The molecule has 3 aliphatic rings. The number of hydrogen-bond donors (Lipinski definition) is 9. The lowest BCUT2D eigenvalue weighted by atomic mass is 9.85.